The minimum Gasteiger partial charge on any atom is -0.481 e. The number of hydrogen-bond donors (Lipinski definition) is 5. The molecule has 2 amide bonds. The Hall–Kier alpha value is -2.91. The number of carbonyl (C=O) groups is 5. The number of nitrogens with two attached hydrogens (primary N) is 1. The van der Waals surface area contributed by atoms with Crippen LogP contribution in [0.25, 0.3) is 0 Å². The van der Waals surface area contributed by atoms with Crippen LogP contribution < -0.4 is 21.7 Å². The van der Waals surface area contributed by atoms with Crippen LogP contribution >= 0.6 is 0 Å². The molecule has 0 spiro atoms. The Morgan fingerprint density at radius 3 is 2.28 bits per heavy atom. The van der Waals surface area contributed by atoms with E-state index < -0.39 is 36.3 Å². The van der Waals surface area contributed by atoms with Crippen LogP contribution in [0.3, 0.4) is 0 Å². The molecule has 0 radical (unpaired) electrons. The van der Waals surface area contributed by atoms with Crippen molar-refractivity contribution in [1.29, 1.82) is 0 Å². The Labute approximate surface area is 189 Å². The number of hydrogen-bond acceptors (Lipinski definition) is 7. The van der Waals surface area contributed by atoms with Crippen molar-refractivity contribution in [2.24, 2.45) is 17.6 Å². The molecule has 32 heavy (non-hydrogen) atoms. The van der Waals surface area contributed by atoms with Crippen molar-refractivity contribution < 1.29 is 29.1 Å². The van der Waals surface area contributed by atoms with E-state index in [2.05, 4.69) is 22.5 Å². The summed E-state index contributed by atoms with van der Waals surface area (Å²) < 4.78 is 0. The van der Waals surface area contributed by atoms with Crippen LogP contribution in [-0.4, -0.2) is 53.6 Å². The number of carbonyl (C=O) groups excluding carboxylic acids is 4. The maximum Gasteiger partial charge on any atom is 0.303 e. The van der Waals surface area contributed by atoms with Crippen molar-refractivity contribution in [2.75, 3.05) is 6.54 Å². The minimum atomic E-state index is -0.990. The number of amides is 2. The van der Waals surface area contributed by atoms with E-state index in [4.69, 9.17) is 10.8 Å². The summed E-state index contributed by atoms with van der Waals surface area (Å²) in [6, 6.07) is -1.61. The highest BCUT2D eigenvalue weighted by Crippen LogP contribution is 2.15. The summed E-state index contributed by atoms with van der Waals surface area (Å²) in [5, 5.41) is 16.9. The lowest BCUT2D eigenvalue weighted by Crippen LogP contribution is -2.51. The first-order valence-electron chi connectivity index (χ1n) is 10.9. The van der Waals surface area contributed by atoms with E-state index in [1.54, 1.807) is 6.92 Å². The topological polar surface area (TPSA) is 168 Å². The molecule has 0 aromatic heterocycles. The van der Waals surface area contributed by atoms with Crippen molar-refractivity contribution in [1.82, 2.24) is 16.0 Å². The quantitative estimate of drug-likeness (QED) is 0.115. The summed E-state index contributed by atoms with van der Waals surface area (Å²) in [5.41, 5.74) is 5.41. The standard InChI is InChI=1S/C22H38N4O6/c1-5-16(11-21(30)31)10-18(28)12-20(29)26-19(9-14(2)3)22(32)25-17(13-27)7-6-8-24-15(4)23/h13-14,16-17,19,24H,4-12,23H2,1-3H3,(H,25,32)(H,26,29)(H,30,31). The third kappa shape index (κ3) is 14.2. The van der Waals surface area contributed by atoms with Gasteiger partial charge in [0.05, 0.1) is 18.3 Å². The number of carboxylic acid groups (broad SMARTS) is 1. The van der Waals surface area contributed by atoms with E-state index in [-0.39, 0.29) is 30.5 Å². The zero-order valence-electron chi connectivity index (χ0n) is 19.3. The van der Waals surface area contributed by atoms with Crippen LogP contribution in [0, 0.1) is 11.8 Å². The number of aldehydes is 1. The molecular formula is C22H38N4O6. The molecule has 182 valence electrons. The van der Waals surface area contributed by atoms with Gasteiger partial charge in [0.25, 0.3) is 0 Å². The number of ketones is 1. The highest BCUT2D eigenvalue weighted by molar-refractivity contribution is 6.00. The fraction of sp³-hybridized carbons (Fsp3) is 0.682. The Balaban J connectivity index is 4.83. The molecule has 10 heteroatoms. The van der Waals surface area contributed by atoms with E-state index in [1.165, 1.54) is 0 Å². The summed E-state index contributed by atoms with van der Waals surface area (Å²) in [4.78, 5) is 59.4. The third-order valence-corrected chi connectivity index (χ3v) is 4.81. The maximum absolute atomic E-state index is 12.7. The van der Waals surface area contributed by atoms with Gasteiger partial charge in [0.2, 0.25) is 11.8 Å². The molecule has 0 heterocycles. The summed E-state index contributed by atoms with van der Waals surface area (Å²) in [6.07, 6.45) is 1.88. The molecule has 0 saturated carbocycles. The van der Waals surface area contributed by atoms with Crippen molar-refractivity contribution in [3.8, 4) is 0 Å². The normalized spacial score (nSPS) is 13.5. The zero-order valence-corrected chi connectivity index (χ0v) is 19.3. The van der Waals surface area contributed by atoms with E-state index >= 15 is 0 Å². The predicted octanol–water partition coefficient (Wildman–Crippen LogP) is 0.851. The molecule has 6 N–H and O–H groups in total. The molecular weight excluding hydrogens is 416 g/mol. The van der Waals surface area contributed by atoms with Gasteiger partial charge in [-0.15, -0.1) is 0 Å². The SMILES string of the molecule is C=C(N)NCCCC(C=O)NC(=O)C(CC(C)C)NC(=O)CC(=O)CC(CC)CC(=O)O. The molecule has 0 aliphatic carbocycles. The van der Waals surface area contributed by atoms with Gasteiger partial charge in [-0.1, -0.05) is 33.8 Å². The highest BCUT2D eigenvalue weighted by Gasteiger charge is 2.25. The number of nitrogens with one attached hydrogen (secondary N) is 3. The van der Waals surface area contributed by atoms with Gasteiger partial charge in [0, 0.05) is 19.4 Å². The number of carboxylic acids is 1. The molecule has 0 aliphatic heterocycles. The van der Waals surface area contributed by atoms with E-state index in [9.17, 15) is 24.0 Å². The smallest absolute Gasteiger partial charge is 0.303 e. The van der Waals surface area contributed by atoms with Gasteiger partial charge in [-0.25, -0.2) is 0 Å². The predicted molar refractivity (Wildman–Crippen MR) is 120 cm³/mol. The van der Waals surface area contributed by atoms with Gasteiger partial charge in [-0.2, -0.15) is 0 Å². The number of rotatable bonds is 18. The molecule has 3 unspecified atom stereocenters. The van der Waals surface area contributed by atoms with Crippen LogP contribution in [0.4, 0.5) is 0 Å². The second-order valence-electron chi connectivity index (χ2n) is 8.39. The monoisotopic (exact) mass is 454 g/mol. The second-order valence-corrected chi connectivity index (χ2v) is 8.39. The minimum absolute atomic E-state index is 0.00621. The second kappa shape index (κ2) is 15.8. The van der Waals surface area contributed by atoms with Crippen LogP contribution in [0.2, 0.25) is 0 Å². The van der Waals surface area contributed by atoms with Gasteiger partial charge >= 0.3 is 5.97 Å². The van der Waals surface area contributed by atoms with Gasteiger partial charge in [-0.3, -0.25) is 19.2 Å². The van der Waals surface area contributed by atoms with Crippen LogP contribution in [0.15, 0.2) is 12.4 Å². The lowest BCUT2D eigenvalue weighted by molar-refractivity contribution is -0.138. The Morgan fingerprint density at radius 2 is 1.78 bits per heavy atom. The Morgan fingerprint density at radius 1 is 1.12 bits per heavy atom. The first-order valence-corrected chi connectivity index (χ1v) is 10.9. The third-order valence-electron chi connectivity index (χ3n) is 4.81. The lowest BCUT2D eigenvalue weighted by Gasteiger charge is -2.22. The number of Topliss-reactive ketones (excluding diaryl/α,β-unsaturated/α-hetero) is 1. The average Bonchev–Trinajstić information content (AvgIpc) is 2.67. The average molecular weight is 455 g/mol. The molecule has 0 aliphatic rings. The largest absolute Gasteiger partial charge is 0.481 e. The van der Waals surface area contributed by atoms with Crippen LogP contribution in [0.1, 0.15) is 65.7 Å². The fourth-order valence-electron chi connectivity index (χ4n) is 3.16. The maximum atomic E-state index is 12.7. The molecule has 0 saturated heterocycles. The van der Waals surface area contributed by atoms with E-state index in [1.807, 2.05) is 13.8 Å². The van der Waals surface area contributed by atoms with Crippen molar-refractivity contribution >= 4 is 29.9 Å². The first kappa shape index (κ1) is 29.1. The lowest BCUT2D eigenvalue weighted by atomic mass is 9.95. The van der Waals surface area contributed by atoms with Gasteiger partial charge in [0.15, 0.2) is 0 Å². The Kier molecular flexibility index (Phi) is 14.4. The number of aliphatic carboxylic acids is 1. The highest BCUT2D eigenvalue weighted by atomic mass is 16.4. The summed E-state index contributed by atoms with van der Waals surface area (Å²) in [7, 11) is 0. The summed E-state index contributed by atoms with van der Waals surface area (Å²) in [5.74, 6) is -2.40. The molecule has 3 atom stereocenters. The van der Waals surface area contributed by atoms with Gasteiger partial charge < -0.3 is 31.6 Å². The summed E-state index contributed by atoms with van der Waals surface area (Å²) in [6.45, 7) is 9.57. The Bertz CT molecular complexity index is 665. The van der Waals surface area contributed by atoms with Crippen LogP contribution in [0.5, 0.6) is 0 Å². The van der Waals surface area contributed by atoms with Crippen molar-refractivity contribution in [2.45, 2.75) is 77.8 Å². The molecule has 0 aromatic carbocycles. The zero-order chi connectivity index (χ0) is 24.7. The van der Waals surface area contributed by atoms with Crippen LogP contribution in [-0.2, 0) is 24.0 Å². The molecule has 0 fully saturated rings. The summed E-state index contributed by atoms with van der Waals surface area (Å²) >= 11 is 0. The fourth-order valence-corrected chi connectivity index (χ4v) is 3.16. The van der Waals surface area contributed by atoms with E-state index in [0.29, 0.717) is 44.3 Å². The van der Waals surface area contributed by atoms with Gasteiger partial charge in [-0.05, 0) is 31.1 Å². The van der Waals surface area contributed by atoms with Crippen molar-refractivity contribution in [3.63, 3.8) is 0 Å². The molecule has 0 bridgehead atoms. The van der Waals surface area contributed by atoms with Crippen molar-refractivity contribution in [3.05, 3.63) is 12.4 Å². The molecule has 0 aromatic rings. The van der Waals surface area contributed by atoms with Gasteiger partial charge in [0.1, 0.15) is 18.1 Å². The van der Waals surface area contributed by atoms with E-state index in [0.717, 1.165) is 0 Å². The first-order chi connectivity index (χ1) is 15.0. The molecule has 10 nitrogen and oxygen atoms in total. The molecule has 0 rings (SSSR count).